The van der Waals surface area contributed by atoms with Crippen LogP contribution in [0.15, 0.2) is 36.5 Å². The zero-order chi connectivity index (χ0) is 14.8. The number of aromatic carboxylic acids is 1. The highest BCUT2D eigenvalue weighted by Gasteiger charge is 2.21. The van der Waals surface area contributed by atoms with Crippen molar-refractivity contribution < 1.29 is 14.6 Å². The van der Waals surface area contributed by atoms with Crippen molar-refractivity contribution in [3.05, 3.63) is 53.2 Å². The van der Waals surface area contributed by atoms with E-state index < -0.39 is 5.97 Å². The molecular weight excluding hydrogens is 268 g/mol. The lowest BCUT2D eigenvalue weighted by molar-refractivity contribution is 0.0697. The first-order valence-electron chi connectivity index (χ1n) is 6.78. The smallest absolute Gasteiger partial charge is 0.335 e. The molecule has 0 fully saturated rings. The minimum absolute atomic E-state index is 0.342. The molecule has 0 saturated carbocycles. The van der Waals surface area contributed by atoms with Crippen molar-refractivity contribution in [2.45, 2.75) is 13.0 Å². The van der Waals surface area contributed by atoms with Crippen molar-refractivity contribution in [2.75, 3.05) is 18.6 Å². The fraction of sp³-hybridized carbons (Fsp3) is 0.250. The first-order chi connectivity index (χ1) is 10.2. The van der Waals surface area contributed by atoms with Gasteiger partial charge in [-0.15, -0.1) is 0 Å². The second-order valence-corrected chi connectivity index (χ2v) is 4.99. The monoisotopic (exact) mass is 284 g/mol. The fourth-order valence-electron chi connectivity index (χ4n) is 2.70. The Morgan fingerprint density at radius 1 is 1.43 bits per heavy atom. The Balaban J connectivity index is 1.86. The van der Waals surface area contributed by atoms with E-state index >= 15 is 0 Å². The maximum absolute atomic E-state index is 11.0. The molecule has 0 spiro atoms. The summed E-state index contributed by atoms with van der Waals surface area (Å²) in [6.45, 7) is 1.58. The van der Waals surface area contributed by atoms with Crippen molar-refractivity contribution in [3.63, 3.8) is 0 Å². The van der Waals surface area contributed by atoms with E-state index in [0.717, 1.165) is 29.8 Å². The molecule has 0 radical (unpaired) electrons. The van der Waals surface area contributed by atoms with E-state index in [4.69, 9.17) is 9.84 Å². The molecule has 2 aromatic rings. The summed E-state index contributed by atoms with van der Waals surface area (Å²) in [6, 6.07) is 9.19. The number of nitrogens with zero attached hydrogens (tertiary/aromatic N) is 2. The molecule has 0 unspecified atom stereocenters. The van der Waals surface area contributed by atoms with Gasteiger partial charge in [0.2, 0.25) is 5.88 Å². The summed E-state index contributed by atoms with van der Waals surface area (Å²) in [6.07, 6.45) is 2.57. The van der Waals surface area contributed by atoms with Gasteiger partial charge in [0.1, 0.15) is 0 Å². The fourth-order valence-corrected chi connectivity index (χ4v) is 2.70. The molecule has 0 amide bonds. The maximum Gasteiger partial charge on any atom is 0.335 e. The van der Waals surface area contributed by atoms with Crippen molar-refractivity contribution in [1.29, 1.82) is 0 Å². The molecule has 0 atom stereocenters. The number of hydrogen-bond donors (Lipinski definition) is 1. The third-order valence-electron chi connectivity index (χ3n) is 3.72. The minimum atomic E-state index is -0.884. The number of carboxylic acid groups (broad SMARTS) is 1. The predicted molar refractivity (Wildman–Crippen MR) is 78.9 cm³/mol. The lowest BCUT2D eigenvalue weighted by Crippen LogP contribution is -2.20. The van der Waals surface area contributed by atoms with Gasteiger partial charge in [-0.3, -0.25) is 0 Å². The topological polar surface area (TPSA) is 62.7 Å². The van der Waals surface area contributed by atoms with Crippen molar-refractivity contribution in [2.24, 2.45) is 0 Å². The van der Waals surface area contributed by atoms with Crippen LogP contribution in [0.1, 0.15) is 21.5 Å². The molecule has 3 rings (SSSR count). The van der Waals surface area contributed by atoms with Crippen molar-refractivity contribution in [1.82, 2.24) is 4.98 Å². The first-order valence-corrected chi connectivity index (χ1v) is 6.78. The molecule has 5 heteroatoms. The molecule has 1 aromatic heterocycles. The third kappa shape index (κ3) is 2.54. The molecule has 1 N–H and O–H groups in total. The van der Waals surface area contributed by atoms with Gasteiger partial charge in [-0.05, 0) is 36.2 Å². The van der Waals surface area contributed by atoms with E-state index in [9.17, 15) is 4.79 Å². The number of rotatable bonds is 4. The largest absolute Gasteiger partial charge is 0.481 e. The standard InChI is InChI=1S/C16H16N2O3/c1-21-15-13(3-2-7-17-15)10-18-8-6-11-9-12(16(19)20)4-5-14(11)18/h2-5,7,9H,6,8,10H2,1H3,(H,19,20). The van der Waals surface area contributed by atoms with Crippen LogP contribution in [0.4, 0.5) is 5.69 Å². The molecule has 1 aromatic carbocycles. The van der Waals surface area contributed by atoms with Gasteiger partial charge in [-0.2, -0.15) is 0 Å². The van der Waals surface area contributed by atoms with Gasteiger partial charge in [0.05, 0.1) is 12.7 Å². The molecule has 5 nitrogen and oxygen atoms in total. The highest BCUT2D eigenvalue weighted by atomic mass is 16.5. The highest BCUT2D eigenvalue weighted by molar-refractivity contribution is 5.88. The number of methoxy groups -OCH3 is 1. The summed E-state index contributed by atoms with van der Waals surface area (Å²) in [5.74, 6) is -0.252. The molecule has 0 bridgehead atoms. The summed E-state index contributed by atoms with van der Waals surface area (Å²) >= 11 is 0. The SMILES string of the molecule is COc1ncccc1CN1CCc2cc(C(=O)O)ccc21. The zero-order valence-corrected chi connectivity index (χ0v) is 11.7. The van der Waals surface area contributed by atoms with Crippen LogP contribution in [0.3, 0.4) is 0 Å². The van der Waals surface area contributed by atoms with E-state index in [1.807, 2.05) is 18.2 Å². The van der Waals surface area contributed by atoms with Crippen LogP contribution in [0.5, 0.6) is 5.88 Å². The summed E-state index contributed by atoms with van der Waals surface area (Å²) in [7, 11) is 1.61. The Kier molecular flexibility index (Phi) is 3.48. The average molecular weight is 284 g/mol. The number of fused-ring (bicyclic) bond motifs is 1. The van der Waals surface area contributed by atoms with Crippen LogP contribution in [-0.2, 0) is 13.0 Å². The quantitative estimate of drug-likeness (QED) is 0.933. The van der Waals surface area contributed by atoms with Crippen LogP contribution in [0, 0.1) is 0 Å². The normalized spacial score (nSPS) is 13.1. The van der Waals surface area contributed by atoms with Gasteiger partial charge in [-0.1, -0.05) is 6.07 Å². The predicted octanol–water partition coefficient (Wildman–Crippen LogP) is 2.35. The summed E-state index contributed by atoms with van der Waals surface area (Å²) in [5, 5.41) is 9.05. The van der Waals surface area contributed by atoms with E-state index in [1.165, 1.54) is 0 Å². The van der Waals surface area contributed by atoms with Gasteiger partial charge in [0.15, 0.2) is 0 Å². The van der Waals surface area contributed by atoms with E-state index in [2.05, 4.69) is 9.88 Å². The number of benzene rings is 1. The van der Waals surface area contributed by atoms with Gasteiger partial charge < -0.3 is 14.7 Å². The van der Waals surface area contributed by atoms with Crippen LogP contribution in [-0.4, -0.2) is 29.7 Å². The van der Waals surface area contributed by atoms with Crippen molar-refractivity contribution >= 4 is 11.7 Å². The molecule has 2 heterocycles. The van der Waals surface area contributed by atoms with Gasteiger partial charge >= 0.3 is 5.97 Å². The molecule has 1 aliphatic rings. The average Bonchev–Trinajstić information content (AvgIpc) is 2.90. The van der Waals surface area contributed by atoms with Gasteiger partial charge in [0.25, 0.3) is 0 Å². The minimum Gasteiger partial charge on any atom is -0.481 e. The Hall–Kier alpha value is -2.56. The Morgan fingerprint density at radius 3 is 3.05 bits per heavy atom. The number of aromatic nitrogens is 1. The first kappa shape index (κ1) is 13.4. The Labute approximate surface area is 122 Å². The van der Waals surface area contributed by atoms with E-state index in [1.54, 1.807) is 25.4 Å². The van der Waals surface area contributed by atoms with Gasteiger partial charge in [0, 0.05) is 30.5 Å². The molecule has 21 heavy (non-hydrogen) atoms. The number of anilines is 1. The second-order valence-electron chi connectivity index (χ2n) is 4.99. The van der Waals surface area contributed by atoms with Crippen LogP contribution in [0.25, 0.3) is 0 Å². The lowest BCUT2D eigenvalue weighted by Gasteiger charge is -2.20. The number of carbonyl (C=O) groups is 1. The highest BCUT2D eigenvalue weighted by Crippen LogP contribution is 2.31. The van der Waals surface area contributed by atoms with E-state index in [0.29, 0.717) is 18.0 Å². The van der Waals surface area contributed by atoms with Crippen LogP contribution in [0.2, 0.25) is 0 Å². The number of carboxylic acids is 1. The molecule has 1 aliphatic heterocycles. The summed E-state index contributed by atoms with van der Waals surface area (Å²) in [5.41, 5.74) is 3.54. The van der Waals surface area contributed by atoms with E-state index in [-0.39, 0.29) is 0 Å². The van der Waals surface area contributed by atoms with Crippen LogP contribution < -0.4 is 9.64 Å². The zero-order valence-electron chi connectivity index (χ0n) is 11.7. The van der Waals surface area contributed by atoms with Crippen LogP contribution >= 0.6 is 0 Å². The molecule has 0 saturated heterocycles. The summed E-state index contributed by atoms with van der Waals surface area (Å²) in [4.78, 5) is 17.4. The molecule has 0 aliphatic carbocycles. The number of ether oxygens (including phenoxy) is 1. The third-order valence-corrected chi connectivity index (χ3v) is 3.72. The maximum atomic E-state index is 11.0. The van der Waals surface area contributed by atoms with Crippen molar-refractivity contribution in [3.8, 4) is 5.88 Å². The Bertz CT molecular complexity index is 685. The molecule has 108 valence electrons. The second kappa shape index (κ2) is 5.44. The summed E-state index contributed by atoms with van der Waals surface area (Å²) < 4.78 is 5.28. The lowest BCUT2D eigenvalue weighted by atomic mass is 10.1. The van der Waals surface area contributed by atoms with Gasteiger partial charge in [-0.25, -0.2) is 9.78 Å². The Morgan fingerprint density at radius 2 is 2.29 bits per heavy atom. The number of pyridine rings is 1. The molecular formula is C16H16N2O3. The number of hydrogen-bond acceptors (Lipinski definition) is 4.